The Balaban J connectivity index is 2.49. The van der Waals surface area contributed by atoms with Gasteiger partial charge in [0.05, 0.1) is 19.0 Å². The van der Waals surface area contributed by atoms with E-state index in [2.05, 4.69) is 31.0 Å². The van der Waals surface area contributed by atoms with Crippen LogP contribution in [-0.4, -0.2) is 26.1 Å². The lowest BCUT2D eigenvalue weighted by Crippen LogP contribution is -2.13. The van der Waals surface area contributed by atoms with Gasteiger partial charge in [-0.1, -0.05) is 6.08 Å². The van der Waals surface area contributed by atoms with Gasteiger partial charge in [-0.15, -0.1) is 6.58 Å². The summed E-state index contributed by atoms with van der Waals surface area (Å²) in [7, 11) is 2.24. The molecule has 2 rings (SSSR count). The zero-order chi connectivity index (χ0) is 12.3. The number of nitrogens with zero attached hydrogens (tertiary/aromatic N) is 4. The maximum absolute atomic E-state index is 5.85. The molecule has 0 bridgehead atoms. The summed E-state index contributed by atoms with van der Waals surface area (Å²) in [6, 6.07) is 0.0864. The van der Waals surface area contributed by atoms with Gasteiger partial charge < -0.3 is 14.8 Å². The summed E-state index contributed by atoms with van der Waals surface area (Å²) in [6.07, 6.45) is 5.70. The van der Waals surface area contributed by atoms with E-state index in [0.29, 0.717) is 18.1 Å². The predicted octanol–water partition coefficient (Wildman–Crippen LogP) is 1.33. The first-order valence-electron chi connectivity index (χ1n) is 5.13. The molecule has 7 heteroatoms. The Hall–Kier alpha value is -1.52. The molecule has 0 spiro atoms. The molecule has 2 aromatic rings. The van der Waals surface area contributed by atoms with Crippen LogP contribution >= 0.6 is 9.47 Å². The first-order chi connectivity index (χ1) is 8.27. The zero-order valence-corrected chi connectivity index (χ0v) is 10.4. The summed E-state index contributed by atoms with van der Waals surface area (Å²) < 4.78 is 7.03. The number of imidazole rings is 1. The predicted molar refractivity (Wildman–Crippen MR) is 69.2 cm³/mol. The lowest BCUT2D eigenvalue weighted by molar-refractivity contribution is 0.290. The average molecular weight is 251 g/mol. The lowest BCUT2D eigenvalue weighted by atomic mass is 10.2. The minimum atomic E-state index is 0.0864. The van der Waals surface area contributed by atoms with Crippen molar-refractivity contribution in [2.45, 2.75) is 12.5 Å². The number of hydrogen-bond acceptors (Lipinski definition) is 5. The van der Waals surface area contributed by atoms with Gasteiger partial charge >= 0.3 is 0 Å². The van der Waals surface area contributed by atoms with Crippen LogP contribution in [0.2, 0.25) is 0 Å². The highest BCUT2D eigenvalue weighted by atomic mass is 31.0. The Morgan fingerprint density at radius 1 is 1.53 bits per heavy atom. The van der Waals surface area contributed by atoms with E-state index in [1.807, 2.05) is 10.6 Å². The molecule has 0 aromatic carbocycles. The van der Waals surface area contributed by atoms with Gasteiger partial charge in [0.2, 0.25) is 0 Å². The molecule has 2 heterocycles. The third kappa shape index (κ3) is 2.28. The van der Waals surface area contributed by atoms with Crippen LogP contribution in [0.1, 0.15) is 12.5 Å². The van der Waals surface area contributed by atoms with Crippen molar-refractivity contribution in [3.63, 3.8) is 0 Å². The number of allylic oxidation sites excluding steroid dienone is 1. The molecule has 2 atom stereocenters. The highest BCUT2D eigenvalue weighted by Gasteiger charge is 2.15. The molecule has 2 unspecified atom stereocenters. The van der Waals surface area contributed by atoms with Crippen LogP contribution in [-0.2, 0) is 4.52 Å². The van der Waals surface area contributed by atoms with E-state index < -0.39 is 0 Å². The summed E-state index contributed by atoms with van der Waals surface area (Å²) in [4.78, 5) is 12.2. The van der Waals surface area contributed by atoms with Gasteiger partial charge in [0, 0.05) is 9.47 Å². The second-order valence-electron chi connectivity index (χ2n) is 3.59. The number of hydrogen-bond donors (Lipinski definition) is 1. The normalized spacial score (nSPS) is 12.8. The smallest absolute Gasteiger partial charge is 0.182 e. The monoisotopic (exact) mass is 251 g/mol. The summed E-state index contributed by atoms with van der Waals surface area (Å²) in [5.41, 5.74) is 7.18. The fourth-order valence-corrected chi connectivity index (χ4v) is 1.96. The molecule has 0 aliphatic rings. The van der Waals surface area contributed by atoms with Crippen LogP contribution < -0.4 is 5.73 Å². The van der Waals surface area contributed by atoms with Crippen molar-refractivity contribution >= 4 is 26.4 Å². The second kappa shape index (κ2) is 5.21. The average Bonchev–Trinajstić information content (AvgIpc) is 2.74. The van der Waals surface area contributed by atoms with E-state index >= 15 is 0 Å². The molecule has 0 saturated heterocycles. The van der Waals surface area contributed by atoms with Crippen LogP contribution in [0.3, 0.4) is 0 Å². The zero-order valence-electron chi connectivity index (χ0n) is 9.28. The van der Waals surface area contributed by atoms with Crippen LogP contribution in [0.5, 0.6) is 0 Å². The number of rotatable bonds is 5. The molecule has 0 saturated carbocycles. The molecular formula is C10H14N5OP. The van der Waals surface area contributed by atoms with Gasteiger partial charge in [-0.25, -0.2) is 15.0 Å². The van der Waals surface area contributed by atoms with Gasteiger partial charge in [0.15, 0.2) is 11.5 Å². The number of aromatic nitrogens is 4. The number of nitrogen functional groups attached to an aromatic ring is 1. The SMILES string of the molecule is C=CCC(COP)n1cnc2ncnc(N)c21. The van der Waals surface area contributed by atoms with Gasteiger partial charge in [-0.05, 0) is 6.42 Å². The van der Waals surface area contributed by atoms with Gasteiger partial charge in [0.1, 0.15) is 11.8 Å². The molecule has 2 aromatic heterocycles. The third-order valence-electron chi connectivity index (χ3n) is 2.51. The van der Waals surface area contributed by atoms with Crippen molar-refractivity contribution in [2.24, 2.45) is 0 Å². The summed E-state index contributed by atoms with van der Waals surface area (Å²) in [6.45, 7) is 4.26. The quantitative estimate of drug-likeness (QED) is 0.640. The molecule has 0 fully saturated rings. The van der Waals surface area contributed by atoms with E-state index in [0.717, 1.165) is 11.9 Å². The minimum Gasteiger partial charge on any atom is -0.382 e. The third-order valence-corrected chi connectivity index (χ3v) is 2.71. The topological polar surface area (TPSA) is 78.8 Å². The fourth-order valence-electron chi connectivity index (χ4n) is 1.74. The Bertz CT molecular complexity index is 526. The largest absolute Gasteiger partial charge is 0.382 e. The lowest BCUT2D eigenvalue weighted by Gasteiger charge is -2.16. The number of nitrogens with two attached hydrogens (primary N) is 1. The maximum atomic E-state index is 5.85. The van der Waals surface area contributed by atoms with Crippen molar-refractivity contribution in [1.82, 2.24) is 19.5 Å². The van der Waals surface area contributed by atoms with Crippen LogP contribution in [0.25, 0.3) is 11.2 Å². The van der Waals surface area contributed by atoms with Crippen molar-refractivity contribution in [3.8, 4) is 0 Å². The molecule has 0 amide bonds. The van der Waals surface area contributed by atoms with Gasteiger partial charge in [-0.3, -0.25) is 0 Å². The van der Waals surface area contributed by atoms with E-state index in [1.54, 1.807) is 6.33 Å². The van der Waals surface area contributed by atoms with E-state index in [4.69, 9.17) is 10.3 Å². The van der Waals surface area contributed by atoms with E-state index in [-0.39, 0.29) is 6.04 Å². The van der Waals surface area contributed by atoms with Gasteiger partial charge in [0.25, 0.3) is 0 Å². The summed E-state index contributed by atoms with van der Waals surface area (Å²) >= 11 is 0. The molecule has 2 N–H and O–H groups in total. The Labute approximate surface area is 101 Å². The Morgan fingerprint density at radius 2 is 2.35 bits per heavy atom. The highest BCUT2D eigenvalue weighted by Crippen LogP contribution is 2.23. The number of fused-ring (bicyclic) bond motifs is 1. The molecule has 90 valence electrons. The Morgan fingerprint density at radius 3 is 3.06 bits per heavy atom. The van der Waals surface area contributed by atoms with Crippen molar-refractivity contribution < 1.29 is 4.52 Å². The van der Waals surface area contributed by atoms with Gasteiger partial charge in [-0.2, -0.15) is 0 Å². The Kier molecular flexibility index (Phi) is 3.66. The van der Waals surface area contributed by atoms with Crippen LogP contribution in [0.4, 0.5) is 5.82 Å². The first-order valence-corrected chi connectivity index (χ1v) is 5.60. The maximum Gasteiger partial charge on any atom is 0.182 e. The first kappa shape index (κ1) is 12.0. The summed E-state index contributed by atoms with van der Waals surface area (Å²) in [5, 5.41) is 0. The van der Waals surface area contributed by atoms with E-state index in [1.165, 1.54) is 6.33 Å². The second-order valence-corrected chi connectivity index (χ2v) is 3.93. The summed E-state index contributed by atoms with van der Waals surface area (Å²) in [5.74, 6) is 0.422. The van der Waals surface area contributed by atoms with Crippen LogP contribution in [0, 0.1) is 0 Å². The molecule has 0 radical (unpaired) electrons. The van der Waals surface area contributed by atoms with Crippen molar-refractivity contribution in [1.29, 1.82) is 0 Å². The standard InChI is InChI=1S/C10H14N5OP/c1-2-3-7(4-16-17)15-6-14-10-8(15)9(11)12-5-13-10/h2,5-7H,1,3-4,17H2,(H2,11,12,13). The van der Waals surface area contributed by atoms with Crippen molar-refractivity contribution in [3.05, 3.63) is 25.3 Å². The molecule has 17 heavy (non-hydrogen) atoms. The minimum absolute atomic E-state index is 0.0864. The van der Waals surface area contributed by atoms with E-state index in [9.17, 15) is 0 Å². The molecular weight excluding hydrogens is 237 g/mol. The molecule has 0 aliphatic carbocycles. The molecule has 0 aliphatic heterocycles. The fraction of sp³-hybridized carbons (Fsp3) is 0.300. The number of anilines is 1. The molecule has 6 nitrogen and oxygen atoms in total. The highest BCUT2D eigenvalue weighted by molar-refractivity contribution is 7.09. The van der Waals surface area contributed by atoms with Crippen molar-refractivity contribution in [2.75, 3.05) is 12.3 Å². The van der Waals surface area contributed by atoms with Crippen LogP contribution in [0.15, 0.2) is 25.3 Å².